The lowest BCUT2D eigenvalue weighted by Gasteiger charge is -2.10. The Bertz CT molecular complexity index is 1100. The van der Waals surface area contributed by atoms with Crippen LogP contribution >= 0.6 is 11.8 Å². The summed E-state index contributed by atoms with van der Waals surface area (Å²) in [4.78, 5) is 12.4. The van der Waals surface area contributed by atoms with Gasteiger partial charge in [0.15, 0.2) is 11.0 Å². The molecule has 4 rings (SSSR count). The molecule has 0 atom stereocenters. The van der Waals surface area contributed by atoms with Crippen molar-refractivity contribution in [3.63, 3.8) is 0 Å². The van der Waals surface area contributed by atoms with Crippen molar-refractivity contribution in [2.45, 2.75) is 18.0 Å². The van der Waals surface area contributed by atoms with E-state index in [0.717, 1.165) is 29.9 Å². The van der Waals surface area contributed by atoms with Gasteiger partial charge in [0.25, 0.3) is 0 Å². The van der Waals surface area contributed by atoms with Crippen molar-refractivity contribution in [1.82, 2.24) is 20.1 Å². The molecule has 1 aromatic heterocycles. The number of benzene rings is 3. The van der Waals surface area contributed by atoms with E-state index in [9.17, 15) is 4.79 Å². The van der Waals surface area contributed by atoms with Crippen LogP contribution in [0.1, 0.15) is 12.0 Å². The zero-order valence-electron chi connectivity index (χ0n) is 17.1. The van der Waals surface area contributed by atoms with Crippen molar-refractivity contribution in [3.8, 4) is 17.1 Å². The Morgan fingerprint density at radius 3 is 2.19 bits per heavy atom. The number of hydrogen-bond acceptors (Lipinski definition) is 4. The third-order valence-electron chi connectivity index (χ3n) is 4.82. The van der Waals surface area contributed by atoms with E-state index < -0.39 is 0 Å². The maximum atomic E-state index is 12.4. The van der Waals surface area contributed by atoms with Gasteiger partial charge in [-0.3, -0.25) is 9.36 Å². The number of hydrogen-bond donors (Lipinski definition) is 1. The van der Waals surface area contributed by atoms with Gasteiger partial charge in [-0.1, -0.05) is 90.6 Å². The summed E-state index contributed by atoms with van der Waals surface area (Å²) >= 11 is 1.40. The normalized spacial score (nSPS) is 10.7. The fourth-order valence-electron chi connectivity index (χ4n) is 3.29. The van der Waals surface area contributed by atoms with E-state index in [4.69, 9.17) is 0 Å². The number of nitrogens with one attached hydrogen (secondary N) is 1. The largest absolute Gasteiger partial charge is 0.355 e. The number of aromatic nitrogens is 3. The molecule has 0 fully saturated rings. The molecule has 0 unspecified atom stereocenters. The van der Waals surface area contributed by atoms with Gasteiger partial charge >= 0.3 is 0 Å². The first-order chi connectivity index (χ1) is 15.3. The molecule has 0 aliphatic heterocycles. The Labute approximate surface area is 186 Å². The summed E-state index contributed by atoms with van der Waals surface area (Å²) < 4.78 is 2.00. The molecule has 0 saturated heterocycles. The highest BCUT2D eigenvalue weighted by molar-refractivity contribution is 7.99. The van der Waals surface area contributed by atoms with Crippen LogP contribution < -0.4 is 5.32 Å². The number of carbonyl (C=O) groups excluding carboxylic acids is 1. The summed E-state index contributed by atoms with van der Waals surface area (Å²) in [6, 6.07) is 30.3. The topological polar surface area (TPSA) is 59.8 Å². The highest BCUT2D eigenvalue weighted by Crippen LogP contribution is 2.27. The average Bonchev–Trinajstić information content (AvgIpc) is 3.26. The van der Waals surface area contributed by atoms with Gasteiger partial charge in [-0.15, -0.1) is 10.2 Å². The first-order valence-electron chi connectivity index (χ1n) is 10.3. The van der Waals surface area contributed by atoms with E-state index in [-0.39, 0.29) is 5.91 Å². The van der Waals surface area contributed by atoms with E-state index >= 15 is 0 Å². The zero-order chi connectivity index (χ0) is 21.3. The Hall–Kier alpha value is -3.38. The first-order valence-corrected chi connectivity index (χ1v) is 11.3. The SMILES string of the molecule is O=C(CSc1nnc(-c2ccccc2)n1-c1ccccc1)NCCCc1ccccc1. The molecule has 0 aliphatic carbocycles. The highest BCUT2D eigenvalue weighted by atomic mass is 32.2. The van der Waals surface area contributed by atoms with Gasteiger partial charge in [0.05, 0.1) is 5.75 Å². The summed E-state index contributed by atoms with van der Waals surface area (Å²) in [6.07, 6.45) is 1.87. The summed E-state index contributed by atoms with van der Waals surface area (Å²) in [5, 5.41) is 12.5. The van der Waals surface area contributed by atoms with Gasteiger partial charge < -0.3 is 5.32 Å². The van der Waals surface area contributed by atoms with Crippen LogP contribution in [0.5, 0.6) is 0 Å². The standard InChI is InChI=1S/C25H24N4OS/c30-23(26-18-10-13-20-11-4-1-5-12-20)19-31-25-28-27-24(21-14-6-2-7-15-21)29(25)22-16-8-3-9-17-22/h1-9,11-12,14-17H,10,13,18-19H2,(H,26,30). The molecule has 3 aromatic carbocycles. The summed E-state index contributed by atoms with van der Waals surface area (Å²) in [5.41, 5.74) is 3.24. The molecule has 5 nitrogen and oxygen atoms in total. The lowest BCUT2D eigenvalue weighted by atomic mass is 10.1. The van der Waals surface area contributed by atoms with Gasteiger partial charge in [-0.2, -0.15) is 0 Å². The Kier molecular flexibility index (Phi) is 7.13. The lowest BCUT2D eigenvalue weighted by molar-refractivity contribution is -0.118. The lowest BCUT2D eigenvalue weighted by Crippen LogP contribution is -2.26. The van der Waals surface area contributed by atoms with Crippen molar-refractivity contribution in [1.29, 1.82) is 0 Å². The maximum Gasteiger partial charge on any atom is 0.230 e. The number of rotatable bonds is 9. The predicted octanol–water partition coefficient (Wildman–Crippen LogP) is 4.78. The fourth-order valence-corrected chi connectivity index (χ4v) is 4.08. The molecule has 4 aromatic rings. The number of thioether (sulfide) groups is 1. The molecule has 1 N–H and O–H groups in total. The second-order valence-electron chi connectivity index (χ2n) is 7.07. The Morgan fingerprint density at radius 2 is 1.48 bits per heavy atom. The molecule has 0 aliphatic rings. The van der Waals surface area contributed by atoms with E-state index in [1.165, 1.54) is 17.3 Å². The second-order valence-corrected chi connectivity index (χ2v) is 8.01. The number of nitrogens with zero attached hydrogens (tertiary/aromatic N) is 3. The van der Waals surface area contributed by atoms with E-state index in [2.05, 4.69) is 27.6 Å². The molecular formula is C25H24N4OS. The van der Waals surface area contributed by atoms with Crippen molar-refractivity contribution in [2.75, 3.05) is 12.3 Å². The quantitative estimate of drug-likeness (QED) is 0.308. The zero-order valence-corrected chi connectivity index (χ0v) is 18.0. The first kappa shape index (κ1) is 20.9. The summed E-state index contributed by atoms with van der Waals surface area (Å²) in [6.45, 7) is 0.662. The maximum absolute atomic E-state index is 12.4. The van der Waals surface area contributed by atoms with Crippen LogP contribution in [0.2, 0.25) is 0 Å². The van der Waals surface area contributed by atoms with Gasteiger partial charge in [0.2, 0.25) is 5.91 Å². The van der Waals surface area contributed by atoms with Crippen LogP contribution in [0, 0.1) is 0 Å². The Morgan fingerprint density at radius 1 is 0.839 bits per heavy atom. The molecule has 0 spiro atoms. The molecule has 156 valence electrons. The Balaban J connectivity index is 1.39. The molecule has 31 heavy (non-hydrogen) atoms. The number of para-hydroxylation sites is 1. The molecular weight excluding hydrogens is 404 g/mol. The van der Waals surface area contributed by atoms with Crippen LogP contribution in [-0.4, -0.2) is 33.0 Å². The minimum atomic E-state index is 0.00179. The highest BCUT2D eigenvalue weighted by Gasteiger charge is 2.17. The van der Waals surface area contributed by atoms with Crippen molar-refractivity contribution in [2.24, 2.45) is 0 Å². The van der Waals surface area contributed by atoms with Gasteiger partial charge in [-0.25, -0.2) is 0 Å². The fraction of sp³-hybridized carbons (Fsp3) is 0.160. The monoisotopic (exact) mass is 428 g/mol. The van der Waals surface area contributed by atoms with Crippen LogP contribution in [0.3, 0.4) is 0 Å². The van der Waals surface area contributed by atoms with Crippen molar-refractivity contribution in [3.05, 3.63) is 96.6 Å². The van der Waals surface area contributed by atoms with E-state index in [1.807, 2.05) is 83.4 Å². The number of carbonyl (C=O) groups is 1. The molecule has 6 heteroatoms. The minimum absolute atomic E-state index is 0.00179. The van der Waals surface area contributed by atoms with Gasteiger partial charge in [0, 0.05) is 17.8 Å². The third-order valence-corrected chi connectivity index (χ3v) is 5.75. The third kappa shape index (κ3) is 5.61. The molecule has 0 radical (unpaired) electrons. The molecule has 1 amide bonds. The number of amides is 1. The van der Waals surface area contributed by atoms with Crippen molar-refractivity contribution >= 4 is 17.7 Å². The molecule has 1 heterocycles. The minimum Gasteiger partial charge on any atom is -0.355 e. The van der Waals surface area contributed by atoms with E-state index in [1.54, 1.807) is 0 Å². The predicted molar refractivity (Wildman–Crippen MR) is 125 cm³/mol. The van der Waals surface area contributed by atoms with Gasteiger partial charge in [0.1, 0.15) is 0 Å². The summed E-state index contributed by atoms with van der Waals surface area (Å²) in [5.74, 6) is 1.06. The van der Waals surface area contributed by atoms with Crippen molar-refractivity contribution < 1.29 is 4.79 Å². The van der Waals surface area contributed by atoms with Crippen LogP contribution in [0.4, 0.5) is 0 Å². The van der Waals surface area contributed by atoms with Crippen LogP contribution in [0.25, 0.3) is 17.1 Å². The smallest absolute Gasteiger partial charge is 0.230 e. The second kappa shape index (κ2) is 10.6. The number of aryl methyl sites for hydroxylation is 1. The molecule has 0 saturated carbocycles. The van der Waals surface area contributed by atoms with Crippen LogP contribution in [0.15, 0.2) is 96.2 Å². The van der Waals surface area contributed by atoms with Crippen LogP contribution in [-0.2, 0) is 11.2 Å². The van der Waals surface area contributed by atoms with E-state index in [0.29, 0.717) is 17.5 Å². The molecule has 0 bridgehead atoms. The average molecular weight is 429 g/mol. The van der Waals surface area contributed by atoms with Gasteiger partial charge in [-0.05, 0) is 30.5 Å². The summed E-state index contributed by atoms with van der Waals surface area (Å²) in [7, 11) is 0.